The van der Waals surface area contributed by atoms with Gasteiger partial charge >= 0.3 is 12.2 Å². The highest BCUT2D eigenvalue weighted by molar-refractivity contribution is 5.71. The Labute approximate surface area is 147 Å². The van der Waals surface area contributed by atoms with Gasteiger partial charge < -0.3 is 14.6 Å². The Kier molecular flexibility index (Phi) is 6.25. The van der Waals surface area contributed by atoms with Crippen molar-refractivity contribution < 1.29 is 24.2 Å². The Morgan fingerprint density at radius 3 is 2.60 bits per heavy atom. The molecule has 1 fully saturated rings. The second kappa shape index (κ2) is 8.20. The second-order valence-electron chi connectivity index (χ2n) is 7.03. The zero-order chi connectivity index (χ0) is 18.4. The van der Waals surface area contributed by atoms with Gasteiger partial charge in [0.15, 0.2) is 0 Å². The van der Waals surface area contributed by atoms with Crippen LogP contribution in [0.2, 0.25) is 0 Å². The van der Waals surface area contributed by atoms with Crippen LogP contribution in [0, 0.1) is 0 Å². The predicted octanol–water partition coefficient (Wildman–Crippen LogP) is 2.63. The maximum atomic E-state index is 12.3. The van der Waals surface area contributed by atoms with Crippen LogP contribution in [0.4, 0.5) is 9.59 Å². The van der Waals surface area contributed by atoms with Gasteiger partial charge in [-0.3, -0.25) is 10.2 Å². The number of rotatable bonds is 3. The molecule has 2 N–H and O–H groups in total. The van der Waals surface area contributed by atoms with Crippen LogP contribution in [0.3, 0.4) is 0 Å². The van der Waals surface area contributed by atoms with E-state index in [1.165, 1.54) is 4.90 Å². The molecule has 138 valence electrons. The molecule has 0 spiro atoms. The molecule has 1 saturated heterocycles. The standard InChI is InChI=1S/C18H26N2O5/c1-18(2,3)25-17(23)20-11-7-10-14(21)15(20)19-16(22)24-12-13-8-5-4-6-9-13/h4-6,8-9,14-15,21H,7,10-12H2,1-3H3,(H,19,22)/t14-,15-/m1/s1. The third-order valence-electron chi connectivity index (χ3n) is 3.71. The Morgan fingerprint density at radius 1 is 1.28 bits per heavy atom. The van der Waals surface area contributed by atoms with E-state index in [1.807, 2.05) is 30.3 Å². The smallest absolute Gasteiger partial charge is 0.412 e. The molecule has 2 rings (SSSR count). The molecule has 7 nitrogen and oxygen atoms in total. The fourth-order valence-electron chi connectivity index (χ4n) is 2.56. The van der Waals surface area contributed by atoms with E-state index in [1.54, 1.807) is 20.8 Å². The molecule has 0 aromatic heterocycles. The largest absolute Gasteiger partial charge is 0.445 e. The molecule has 0 bridgehead atoms. The second-order valence-corrected chi connectivity index (χ2v) is 7.03. The molecule has 0 radical (unpaired) electrons. The zero-order valence-electron chi connectivity index (χ0n) is 14.9. The lowest BCUT2D eigenvalue weighted by atomic mass is 10.1. The monoisotopic (exact) mass is 350 g/mol. The number of alkyl carbamates (subject to hydrolysis) is 1. The molecule has 1 aromatic carbocycles. The van der Waals surface area contributed by atoms with Crippen molar-refractivity contribution in [2.24, 2.45) is 0 Å². The van der Waals surface area contributed by atoms with E-state index in [2.05, 4.69) is 5.32 Å². The van der Waals surface area contributed by atoms with Crippen molar-refractivity contribution in [2.45, 2.75) is 58.1 Å². The highest BCUT2D eigenvalue weighted by Gasteiger charge is 2.37. The summed E-state index contributed by atoms with van der Waals surface area (Å²) >= 11 is 0. The summed E-state index contributed by atoms with van der Waals surface area (Å²) in [7, 11) is 0. The maximum absolute atomic E-state index is 12.3. The summed E-state index contributed by atoms with van der Waals surface area (Å²) in [5, 5.41) is 12.8. The summed E-state index contributed by atoms with van der Waals surface area (Å²) in [5.41, 5.74) is 0.198. The van der Waals surface area contributed by atoms with Gasteiger partial charge in [0.1, 0.15) is 18.4 Å². The first-order chi connectivity index (χ1) is 11.8. The number of aliphatic hydroxyl groups excluding tert-OH is 1. The number of nitrogens with zero attached hydrogens (tertiary/aromatic N) is 1. The van der Waals surface area contributed by atoms with Crippen LogP contribution in [0.1, 0.15) is 39.2 Å². The third kappa shape index (κ3) is 5.94. The van der Waals surface area contributed by atoms with Crippen LogP contribution in [0.5, 0.6) is 0 Å². The van der Waals surface area contributed by atoms with Crippen LogP contribution in [-0.4, -0.2) is 46.6 Å². The molecule has 1 aliphatic rings. The number of benzene rings is 1. The van der Waals surface area contributed by atoms with Crippen molar-refractivity contribution in [3.8, 4) is 0 Å². The van der Waals surface area contributed by atoms with Crippen molar-refractivity contribution in [2.75, 3.05) is 6.54 Å². The molecule has 25 heavy (non-hydrogen) atoms. The Bertz CT molecular complexity index is 585. The molecular weight excluding hydrogens is 324 g/mol. The molecule has 2 atom stereocenters. The highest BCUT2D eigenvalue weighted by atomic mass is 16.6. The topological polar surface area (TPSA) is 88.1 Å². The van der Waals surface area contributed by atoms with Crippen molar-refractivity contribution in [3.63, 3.8) is 0 Å². The van der Waals surface area contributed by atoms with Crippen LogP contribution >= 0.6 is 0 Å². The van der Waals surface area contributed by atoms with Crippen molar-refractivity contribution in [1.82, 2.24) is 10.2 Å². The van der Waals surface area contributed by atoms with Crippen molar-refractivity contribution in [1.29, 1.82) is 0 Å². The van der Waals surface area contributed by atoms with E-state index >= 15 is 0 Å². The number of piperidine rings is 1. The van der Waals surface area contributed by atoms with Gasteiger partial charge in [0.2, 0.25) is 0 Å². The SMILES string of the molecule is CC(C)(C)OC(=O)N1CCC[C@@H](O)[C@@H]1NC(=O)OCc1ccccc1. The van der Waals surface area contributed by atoms with Crippen molar-refractivity contribution >= 4 is 12.2 Å². The average Bonchev–Trinajstić information content (AvgIpc) is 2.54. The number of hydrogen-bond donors (Lipinski definition) is 2. The predicted molar refractivity (Wildman–Crippen MR) is 91.7 cm³/mol. The minimum absolute atomic E-state index is 0.113. The highest BCUT2D eigenvalue weighted by Crippen LogP contribution is 2.19. The van der Waals surface area contributed by atoms with E-state index in [-0.39, 0.29) is 6.61 Å². The summed E-state index contributed by atoms with van der Waals surface area (Å²) < 4.78 is 10.5. The maximum Gasteiger partial charge on any atom is 0.412 e. The zero-order valence-corrected chi connectivity index (χ0v) is 14.9. The Hall–Kier alpha value is -2.28. The molecule has 7 heteroatoms. The van der Waals surface area contributed by atoms with Gasteiger partial charge in [0.05, 0.1) is 6.10 Å². The Balaban J connectivity index is 1.95. The van der Waals surface area contributed by atoms with Gasteiger partial charge in [0, 0.05) is 6.54 Å². The average molecular weight is 350 g/mol. The van der Waals surface area contributed by atoms with Gasteiger partial charge in [-0.15, -0.1) is 0 Å². The lowest BCUT2D eigenvalue weighted by molar-refractivity contribution is -0.0317. The minimum Gasteiger partial charge on any atom is -0.445 e. The number of amides is 2. The lowest BCUT2D eigenvalue weighted by Crippen LogP contribution is -2.60. The third-order valence-corrected chi connectivity index (χ3v) is 3.71. The minimum atomic E-state index is -0.870. The number of hydrogen-bond acceptors (Lipinski definition) is 5. The molecule has 0 unspecified atom stereocenters. The fraction of sp³-hybridized carbons (Fsp3) is 0.556. The summed E-state index contributed by atoms with van der Waals surface area (Å²) in [4.78, 5) is 25.7. The summed E-state index contributed by atoms with van der Waals surface area (Å²) in [6.45, 7) is 5.81. The Morgan fingerprint density at radius 2 is 1.96 bits per heavy atom. The van der Waals surface area contributed by atoms with Crippen LogP contribution in [0.25, 0.3) is 0 Å². The van der Waals surface area contributed by atoms with Gasteiger partial charge in [-0.1, -0.05) is 30.3 Å². The molecule has 0 saturated carbocycles. The number of nitrogens with one attached hydrogen (secondary N) is 1. The normalized spacial score (nSPS) is 20.7. The summed E-state index contributed by atoms with van der Waals surface area (Å²) in [5.74, 6) is 0. The fourth-order valence-corrected chi connectivity index (χ4v) is 2.56. The van der Waals surface area contributed by atoms with Crippen LogP contribution in [0.15, 0.2) is 30.3 Å². The van der Waals surface area contributed by atoms with E-state index in [4.69, 9.17) is 9.47 Å². The van der Waals surface area contributed by atoms with E-state index in [0.717, 1.165) is 5.56 Å². The quantitative estimate of drug-likeness (QED) is 0.875. The molecule has 0 aliphatic carbocycles. The number of ether oxygens (including phenoxy) is 2. The molecule has 2 amide bonds. The number of carbonyl (C=O) groups excluding carboxylic acids is 2. The van der Waals surface area contributed by atoms with E-state index < -0.39 is 30.1 Å². The van der Waals surface area contributed by atoms with Gasteiger partial charge in [0.25, 0.3) is 0 Å². The molecular formula is C18H26N2O5. The first-order valence-corrected chi connectivity index (χ1v) is 8.41. The van der Waals surface area contributed by atoms with E-state index in [0.29, 0.717) is 19.4 Å². The summed E-state index contributed by atoms with van der Waals surface area (Å²) in [6.07, 6.45) is -1.87. The van der Waals surface area contributed by atoms with Crippen LogP contribution in [-0.2, 0) is 16.1 Å². The lowest BCUT2D eigenvalue weighted by Gasteiger charge is -2.39. The van der Waals surface area contributed by atoms with Crippen LogP contribution < -0.4 is 5.32 Å². The van der Waals surface area contributed by atoms with E-state index in [9.17, 15) is 14.7 Å². The number of aliphatic hydroxyl groups is 1. The van der Waals surface area contributed by atoms with Gasteiger partial charge in [-0.05, 0) is 39.2 Å². The molecule has 1 aliphatic heterocycles. The number of carbonyl (C=O) groups is 2. The first kappa shape index (κ1) is 19.1. The molecule has 1 aromatic rings. The molecule has 1 heterocycles. The first-order valence-electron chi connectivity index (χ1n) is 8.41. The van der Waals surface area contributed by atoms with Crippen molar-refractivity contribution in [3.05, 3.63) is 35.9 Å². The van der Waals surface area contributed by atoms with Gasteiger partial charge in [-0.2, -0.15) is 0 Å². The summed E-state index contributed by atoms with van der Waals surface area (Å²) in [6, 6.07) is 9.27. The van der Waals surface area contributed by atoms with Gasteiger partial charge in [-0.25, -0.2) is 9.59 Å². The number of likely N-dealkylation sites (tertiary alicyclic amines) is 1.